The van der Waals surface area contributed by atoms with Crippen molar-refractivity contribution in [2.45, 2.75) is 25.0 Å². The molecule has 1 aliphatic rings. The summed E-state index contributed by atoms with van der Waals surface area (Å²) in [5.74, 6) is -0.947. The summed E-state index contributed by atoms with van der Waals surface area (Å²) in [6.45, 7) is 2.42. The Morgan fingerprint density at radius 2 is 1.63 bits per heavy atom. The van der Waals surface area contributed by atoms with Gasteiger partial charge in [0.25, 0.3) is 0 Å². The van der Waals surface area contributed by atoms with Crippen molar-refractivity contribution in [3.05, 3.63) is 94.0 Å². The van der Waals surface area contributed by atoms with Crippen LogP contribution in [0.1, 0.15) is 29.3 Å². The molecule has 0 aliphatic carbocycles. The fourth-order valence-electron chi connectivity index (χ4n) is 3.71. The van der Waals surface area contributed by atoms with Crippen LogP contribution in [-0.4, -0.2) is 46.3 Å². The van der Waals surface area contributed by atoms with E-state index in [1.54, 1.807) is 60.4 Å². The third-order valence-electron chi connectivity index (χ3n) is 5.68. The van der Waals surface area contributed by atoms with Gasteiger partial charge < -0.3 is 10.1 Å². The summed E-state index contributed by atoms with van der Waals surface area (Å²) in [5.41, 5.74) is 2.55. The number of rotatable bonds is 8. The van der Waals surface area contributed by atoms with Crippen molar-refractivity contribution in [1.29, 1.82) is 0 Å². The Morgan fingerprint density at radius 3 is 2.26 bits per heavy atom. The molecule has 1 aliphatic heterocycles. The van der Waals surface area contributed by atoms with Gasteiger partial charge in [-0.3, -0.25) is 14.5 Å². The van der Waals surface area contributed by atoms with Crippen molar-refractivity contribution < 1.29 is 19.1 Å². The number of halogens is 2. The van der Waals surface area contributed by atoms with Crippen molar-refractivity contribution in [3.8, 4) is 0 Å². The number of esters is 1. The molecule has 1 heterocycles. The first-order chi connectivity index (χ1) is 18.3. The third-order valence-corrected chi connectivity index (χ3v) is 7.38. The Hall–Kier alpha value is -3.33. The van der Waals surface area contributed by atoms with Gasteiger partial charge in [-0.1, -0.05) is 47.1 Å². The van der Waals surface area contributed by atoms with Gasteiger partial charge in [0, 0.05) is 28.7 Å². The second kappa shape index (κ2) is 13.0. The highest BCUT2D eigenvalue weighted by Gasteiger charge is 2.35. The van der Waals surface area contributed by atoms with Crippen LogP contribution in [0, 0.1) is 0 Å². The van der Waals surface area contributed by atoms with Gasteiger partial charge in [0.05, 0.1) is 17.9 Å². The summed E-state index contributed by atoms with van der Waals surface area (Å²) < 4.78 is 4.99. The molecule has 0 saturated carbocycles. The van der Waals surface area contributed by atoms with Gasteiger partial charge in [-0.15, -0.1) is 0 Å². The van der Waals surface area contributed by atoms with E-state index in [9.17, 15) is 14.4 Å². The van der Waals surface area contributed by atoms with Crippen LogP contribution in [0.2, 0.25) is 10.0 Å². The number of carbonyl (C=O) groups is 3. The fourth-order valence-corrected chi connectivity index (χ4v) is 5.08. The van der Waals surface area contributed by atoms with E-state index < -0.39 is 11.2 Å². The van der Waals surface area contributed by atoms with Crippen molar-refractivity contribution >= 4 is 69.3 Å². The molecule has 1 saturated heterocycles. The van der Waals surface area contributed by atoms with Gasteiger partial charge in [0.1, 0.15) is 5.25 Å². The first-order valence-electron chi connectivity index (χ1n) is 12.0. The minimum Gasteiger partial charge on any atom is -0.462 e. The number of ether oxygens (including phenoxy) is 1. The van der Waals surface area contributed by atoms with Crippen LogP contribution in [0.5, 0.6) is 0 Å². The molecule has 196 valence electrons. The summed E-state index contributed by atoms with van der Waals surface area (Å²) in [7, 11) is 0. The number of aliphatic imine (C=N–C) groups is 1. The first kappa shape index (κ1) is 27.7. The number of hydrogen-bond acceptors (Lipinski definition) is 6. The van der Waals surface area contributed by atoms with E-state index >= 15 is 0 Å². The average molecular weight is 570 g/mol. The molecule has 38 heavy (non-hydrogen) atoms. The van der Waals surface area contributed by atoms with Crippen LogP contribution in [0.15, 0.2) is 77.8 Å². The average Bonchev–Trinajstić information content (AvgIpc) is 2.91. The number of anilines is 1. The number of hydrogen-bond donors (Lipinski definition) is 1. The van der Waals surface area contributed by atoms with E-state index in [-0.39, 0.29) is 24.8 Å². The molecule has 1 unspecified atom stereocenters. The number of benzene rings is 3. The maximum absolute atomic E-state index is 13.2. The number of nitrogens with zero attached hydrogens (tertiary/aromatic N) is 2. The van der Waals surface area contributed by atoms with E-state index in [4.69, 9.17) is 27.9 Å². The van der Waals surface area contributed by atoms with Crippen LogP contribution >= 0.6 is 35.0 Å². The molecule has 3 aromatic rings. The highest BCUT2D eigenvalue weighted by molar-refractivity contribution is 8.15. The van der Waals surface area contributed by atoms with Crippen LogP contribution in [-0.2, 0) is 20.7 Å². The van der Waals surface area contributed by atoms with Gasteiger partial charge in [-0.2, -0.15) is 0 Å². The lowest BCUT2D eigenvalue weighted by atomic mass is 10.1. The molecule has 0 spiro atoms. The van der Waals surface area contributed by atoms with Crippen LogP contribution in [0.3, 0.4) is 0 Å². The first-order valence-corrected chi connectivity index (χ1v) is 13.6. The zero-order valence-electron chi connectivity index (χ0n) is 20.5. The van der Waals surface area contributed by atoms with E-state index in [0.29, 0.717) is 45.1 Å². The molecule has 3 aromatic carbocycles. The lowest BCUT2D eigenvalue weighted by Gasteiger charge is -2.32. The molecule has 7 nitrogen and oxygen atoms in total. The Labute approximate surface area is 235 Å². The highest BCUT2D eigenvalue weighted by atomic mass is 35.5. The number of carbonyl (C=O) groups excluding carboxylic acids is 3. The van der Waals surface area contributed by atoms with Crippen LogP contribution in [0.4, 0.5) is 11.4 Å². The Kier molecular flexibility index (Phi) is 9.44. The van der Waals surface area contributed by atoms with Crippen molar-refractivity contribution in [2.75, 3.05) is 18.5 Å². The summed E-state index contributed by atoms with van der Waals surface area (Å²) >= 11 is 13.2. The van der Waals surface area contributed by atoms with Gasteiger partial charge in [-0.25, -0.2) is 9.79 Å². The molecule has 0 aromatic heterocycles. The molecule has 4 rings (SSSR count). The normalized spacial score (nSPS) is 16.4. The van der Waals surface area contributed by atoms with E-state index in [0.717, 1.165) is 5.56 Å². The van der Waals surface area contributed by atoms with Crippen molar-refractivity contribution in [2.24, 2.45) is 4.99 Å². The van der Waals surface area contributed by atoms with Gasteiger partial charge in [0.15, 0.2) is 5.17 Å². The van der Waals surface area contributed by atoms with Gasteiger partial charge in [0.2, 0.25) is 11.8 Å². The summed E-state index contributed by atoms with van der Waals surface area (Å²) in [6, 6.07) is 20.8. The second-order valence-electron chi connectivity index (χ2n) is 8.39. The summed E-state index contributed by atoms with van der Waals surface area (Å²) in [4.78, 5) is 44.5. The smallest absolute Gasteiger partial charge is 0.338 e. The maximum Gasteiger partial charge on any atom is 0.338 e. The molecule has 10 heteroatoms. The molecule has 0 bridgehead atoms. The maximum atomic E-state index is 13.2. The third kappa shape index (κ3) is 7.37. The molecular weight excluding hydrogens is 545 g/mol. The Morgan fingerprint density at radius 1 is 1.00 bits per heavy atom. The van der Waals surface area contributed by atoms with Gasteiger partial charge >= 0.3 is 5.97 Å². The number of thioether (sulfide) groups is 1. The molecule has 1 N–H and O–H groups in total. The lowest BCUT2D eigenvalue weighted by molar-refractivity contribution is -0.129. The van der Waals surface area contributed by atoms with E-state index in [2.05, 4.69) is 10.3 Å². The standard InChI is InChI=1S/C28H25Cl2N3O4S/c1-2-37-27(36)19-5-11-22(12-6-19)31-26(35)24-17-25(34)33(16-15-18-3-7-20(29)8-4-18)28(38-24)32-23-13-9-21(30)10-14-23/h3-14,24H,2,15-17H2,1H3,(H,31,35). The van der Waals surface area contributed by atoms with Crippen LogP contribution < -0.4 is 5.32 Å². The minimum absolute atomic E-state index is 0.0255. The molecule has 0 radical (unpaired) electrons. The lowest BCUT2D eigenvalue weighted by Crippen LogP contribution is -2.46. The highest BCUT2D eigenvalue weighted by Crippen LogP contribution is 2.30. The topological polar surface area (TPSA) is 88.1 Å². The predicted octanol–water partition coefficient (Wildman–Crippen LogP) is 6.37. The van der Waals surface area contributed by atoms with E-state index in [1.807, 2.05) is 24.3 Å². The monoisotopic (exact) mass is 569 g/mol. The quantitative estimate of drug-likeness (QED) is 0.318. The number of amidine groups is 1. The number of nitrogens with one attached hydrogen (secondary N) is 1. The molecular formula is C28H25Cl2N3O4S. The zero-order valence-corrected chi connectivity index (χ0v) is 22.9. The minimum atomic E-state index is -0.676. The largest absolute Gasteiger partial charge is 0.462 e. The molecule has 1 atom stereocenters. The molecule has 1 fully saturated rings. The molecule has 2 amide bonds. The fraction of sp³-hybridized carbons (Fsp3) is 0.214. The van der Waals surface area contributed by atoms with E-state index in [1.165, 1.54) is 11.8 Å². The van der Waals surface area contributed by atoms with Crippen LogP contribution in [0.25, 0.3) is 0 Å². The number of amides is 2. The summed E-state index contributed by atoms with van der Waals surface area (Å²) in [5, 5.41) is 3.82. The zero-order chi connectivity index (χ0) is 27.1. The Balaban J connectivity index is 1.50. The Bertz CT molecular complexity index is 1330. The predicted molar refractivity (Wildman–Crippen MR) is 152 cm³/mol. The second-order valence-corrected chi connectivity index (χ2v) is 10.4. The SMILES string of the molecule is CCOC(=O)c1ccc(NC(=O)C2CC(=O)N(CCc3ccc(Cl)cc3)C(=Nc3ccc(Cl)cc3)S2)cc1. The van der Waals surface area contributed by atoms with Crippen molar-refractivity contribution in [1.82, 2.24) is 4.90 Å². The van der Waals surface area contributed by atoms with Gasteiger partial charge in [-0.05, 0) is 79.6 Å². The summed E-state index contributed by atoms with van der Waals surface area (Å²) in [6.07, 6.45) is 0.629. The van der Waals surface area contributed by atoms with Crippen molar-refractivity contribution in [3.63, 3.8) is 0 Å².